The van der Waals surface area contributed by atoms with E-state index in [1.165, 1.54) is 45.4 Å². The summed E-state index contributed by atoms with van der Waals surface area (Å²) in [7, 11) is 0. The minimum atomic E-state index is 0.356. The molecule has 2 aliphatic rings. The van der Waals surface area contributed by atoms with Gasteiger partial charge in [-0.1, -0.05) is 6.92 Å². The molecule has 1 saturated carbocycles. The van der Waals surface area contributed by atoms with Crippen LogP contribution in [-0.2, 0) is 0 Å². The van der Waals surface area contributed by atoms with Gasteiger partial charge in [0.2, 0.25) is 0 Å². The summed E-state index contributed by atoms with van der Waals surface area (Å²) in [6, 6.07) is 0.900. The first-order valence-electron chi connectivity index (χ1n) is 6.96. The fourth-order valence-electron chi connectivity index (χ4n) is 3.27. The van der Waals surface area contributed by atoms with Gasteiger partial charge in [0.15, 0.2) is 0 Å². The first-order valence-corrected chi connectivity index (χ1v) is 6.96. The van der Waals surface area contributed by atoms with Crippen LogP contribution in [0.3, 0.4) is 0 Å². The van der Waals surface area contributed by atoms with Gasteiger partial charge < -0.3 is 0 Å². The van der Waals surface area contributed by atoms with Gasteiger partial charge in [0.1, 0.15) is 0 Å². The van der Waals surface area contributed by atoms with Crippen LogP contribution in [0.5, 0.6) is 0 Å². The van der Waals surface area contributed by atoms with Crippen LogP contribution in [0.25, 0.3) is 0 Å². The summed E-state index contributed by atoms with van der Waals surface area (Å²) in [5.74, 6) is 0.964. The Morgan fingerprint density at radius 3 is 2.00 bits per heavy atom. The molecule has 2 rings (SSSR count). The van der Waals surface area contributed by atoms with Crippen molar-refractivity contribution in [3.8, 4) is 0 Å². The number of piperazine rings is 1. The predicted octanol–water partition coefficient (Wildman–Crippen LogP) is 2.59. The van der Waals surface area contributed by atoms with Crippen molar-refractivity contribution in [2.45, 2.75) is 58.5 Å². The van der Waals surface area contributed by atoms with Gasteiger partial charge in [-0.05, 0) is 46.0 Å². The number of rotatable bonds is 1. The molecule has 2 atom stereocenters. The van der Waals surface area contributed by atoms with Crippen molar-refractivity contribution >= 4 is 0 Å². The smallest absolute Gasteiger partial charge is 0.0126 e. The fourth-order valence-corrected chi connectivity index (χ4v) is 3.27. The van der Waals surface area contributed by atoms with Gasteiger partial charge in [-0.25, -0.2) is 0 Å². The Balaban J connectivity index is 1.81. The molecule has 0 aromatic rings. The molecule has 1 saturated heterocycles. The van der Waals surface area contributed by atoms with E-state index in [0.29, 0.717) is 5.54 Å². The second kappa shape index (κ2) is 4.66. The lowest BCUT2D eigenvalue weighted by atomic mass is 10.0. The number of hydrogen-bond donors (Lipinski definition) is 0. The van der Waals surface area contributed by atoms with Gasteiger partial charge in [-0.2, -0.15) is 0 Å². The first kappa shape index (κ1) is 12.4. The molecule has 16 heavy (non-hydrogen) atoms. The predicted molar refractivity (Wildman–Crippen MR) is 69.7 cm³/mol. The Morgan fingerprint density at radius 1 is 0.938 bits per heavy atom. The molecule has 2 unspecified atom stereocenters. The standard InChI is InChI=1S/C14H28N2/c1-12-5-6-13(11-12)15-7-9-16(10-8-15)14(2,3)4/h12-13H,5-11H2,1-4H3. The quantitative estimate of drug-likeness (QED) is 0.675. The van der Waals surface area contributed by atoms with E-state index >= 15 is 0 Å². The fraction of sp³-hybridized carbons (Fsp3) is 1.00. The van der Waals surface area contributed by atoms with E-state index in [-0.39, 0.29) is 0 Å². The lowest BCUT2D eigenvalue weighted by molar-refractivity contribution is 0.0426. The molecule has 1 aliphatic carbocycles. The minimum absolute atomic E-state index is 0.356. The molecule has 0 spiro atoms. The summed E-state index contributed by atoms with van der Waals surface area (Å²) in [5, 5.41) is 0. The zero-order chi connectivity index (χ0) is 11.8. The summed E-state index contributed by atoms with van der Waals surface area (Å²) in [5.41, 5.74) is 0.356. The Labute approximate surface area is 101 Å². The van der Waals surface area contributed by atoms with Gasteiger partial charge in [0.05, 0.1) is 0 Å². The SMILES string of the molecule is CC1CCC(N2CCN(C(C)(C)C)CC2)C1. The molecular weight excluding hydrogens is 196 g/mol. The second-order valence-corrected chi connectivity index (χ2v) is 6.77. The molecule has 1 aliphatic heterocycles. The number of hydrogen-bond acceptors (Lipinski definition) is 2. The highest BCUT2D eigenvalue weighted by Crippen LogP contribution is 2.30. The highest BCUT2D eigenvalue weighted by molar-refractivity contribution is 4.87. The Morgan fingerprint density at radius 2 is 1.56 bits per heavy atom. The van der Waals surface area contributed by atoms with Crippen molar-refractivity contribution < 1.29 is 0 Å². The molecule has 2 nitrogen and oxygen atoms in total. The third-order valence-electron chi connectivity index (χ3n) is 4.45. The van der Waals surface area contributed by atoms with E-state index in [1.54, 1.807) is 0 Å². The van der Waals surface area contributed by atoms with Crippen molar-refractivity contribution in [2.24, 2.45) is 5.92 Å². The van der Waals surface area contributed by atoms with Crippen molar-refractivity contribution in [1.82, 2.24) is 9.80 Å². The summed E-state index contributed by atoms with van der Waals surface area (Å²) in [6.45, 7) is 14.5. The van der Waals surface area contributed by atoms with Crippen LogP contribution in [0.4, 0.5) is 0 Å². The molecule has 0 N–H and O–H groups in total. The second-order valence-electron chi connectivity index (χ2n) is 6.77. The van der Waals surface area contributed by atoms with Crippen LogP contribution in [0.1, 0.15) is 47.0 Å². The van der Waals surface area contributed by atoms with Gasteiger partial charge in [-0.3, -0.25) is 9.80 Å². The molecule has 0 aromatic carbocycles. The maximum atomic E-state index is 2.74. The number of nitrogens with zero attached hydrogens (tertiary/aromatic N) is 2. The zero-order valence-corrected chi connectivity index (χ0v) is 11.5. The van der Waals surface area contributed by atoms with E-state index in [9.17, 15) is 0 Å². The summed E-state index contributed by atoms with van der Waals surface area (Å²) >= 11 is 0. The van der Waals surface area contributed by atoms with Crippen molar-refractivity contribution in [3.63, 3.8) is 0 Å². The maximum Gasteiger partial charge on any atom is 0.0126 e. The van der Waals surface area contributed by atoms with E-state index in [4.69, 9.17) is 0 Å². The van der Waals surface area contributed by atoms with Crippen molar-refractivity contribution in [2.75, 3.05) is 26.2 Å². The lowest BCUT2D eigenvalue weighted by Gasteiger charge is -2.44. The first-order chi connectivity index (χ1) is 7.47. The van der Waals surface area contributed by atoms with Gasteiger partial charge in [0.25, 0.3) is 0 Å². The monoisotopic (exact) mass is 224 g/mol. The Hall–Kier alpha value is -0.0800. The lowest BCUT2D eigenvalue weighted by Crippen LogP contribution is -2.55. The van der Waals surface area contributed by atoms with Gasteiger partial charge in [-0.15, -0.1) is 0 Å². The third-order valence-corrected chi connectivity index (χ3v) is 4.45. The minimum Gasteiger partial charge on any atom is -0.298 e. The largest absolute Gasteiger partial charge is 0.298 e. The Bertz CT molecular complexity index is 223. The molecule has 2 heteroatoms. The highest BCUT2D eigenvalue weighted by atomic mass is 15.3. The van der Waals surface area contributed by atoms with Gasteiger partial charge in [0, 0.05) is 37.8 Å². The topological polar surface area (TPSA) is 6.48 Å². The van der Waals surface area contributed by atoms with E-state index in [0.717, 1.165) is 12.0 Å². The molecule has 0 bridgehead atoms. The van der Waals surface area contributed by atoms with Crippen molar-refractivity contribution in [3.05, 3.63) is 0 Å². The van der Waals surface area contributed by atoms with Crippen LogP contribution < -0.4 is 0 Å². The maximum absolute atomic E-state index is 2.74. The zero-order valence-electron chi connectivity index (χ0n) is 11.5. The summed E-state index contributed by atoms with van der Waals surface area (Å²) in [6.07, 6.45) is 4.33. The van der Waals surface area contributed by atoms with Crippen LogP contribution >= 0.6 is 0 Å². The van der Waals surface area contributed by atoms with Crippen molar-refractivity contribution in [1.29, 1.82) is 0 Å². The van der Waals surface area contributed by atoms with Crippen LogP contribution in [-0.4, -0.2) is 47.6 Å². The molecular formula is C14H28N2. The average molecular weight is 224 g/mol. The van der Waals surface area contributed by atoms with E-state index < -0.39 is 0 Å². The van der Waals surface area contributed by atoms with Crippen LogP contribution in [0, 0.1) is 5.92 Å². The molecule has 2 fully saturated rings. The third kappa shape index (κ3) is 2.78. The van der Waals surface area contributed by atoms with Crippen LogP contribution in [0.2, 0.25) is 0 Å². The average Bonchev–Trinajstić information content (AvgIpc) is 2.64. The van der Waals surface area contributed by atoms with E-state index in [2.05, 4.69) is 37.5 Å². The molecule has 0 amide bonds. The van der Waals surface area contributed by atoms with Crippen LogP contribution in [0.15, 0.2) is 0 Å². The summed E-state index contributed by atoms with van der Waals surface area (Å²) < 4.78 is 0. The Kier molecular flexibility index (Phi) is 3.60. The van der Waals surface area contributed by atoms with E-state index in [1.807, 2.05) is 0 Å². The molecule has 94 valence electrons. The molecule has 0 aromatic heterocycles. The molecule has 1 heterocycles. The highest BCUT2D eigenvalue weighted by Gasteiger charge is 2.31. The summed E-state index contributed by atoms with van der Waals surface area (Å²) in [4.78, 5) is 5.37. The molecule has 0 radical (unpaired) electrons. The normalized spacial score (nSPS) is 34.5. The van der Waals surface area contributed by atoms with Gasteiger partial charge >= 0.3 is 0 Å².